The first-order valence-corrected chi connectivity index (χ1v) is 9.85. The Hall–Kier alpha value is -3.68. The van der Waals surface area contributed by atoms with Gasteiger partial charge in [-0.25, -0.2) is 0 Å². The van der Waals surface area contributed by atoms with Crippen molar-refractivity contribution in [3.8, 4) is 28.5 Å². The van der Waals surface area contributed by atoms with Crippen LogP contribution in [-0.4, -0.2) is 49.1 Å². The molecule has 8 heteroatoms. The van der Waals surface area contributed by atoms with E-state index in [1.165, 1.54) is 0 Å². The van der Waals surface area contributed by atoms with E-state index in [1.54, 1.807) is 25.3 Å². The van der Waals surface area contributed by atoms with E-state index in [2.05, 4.69) is 20.4 Å². The third-order valence-corrected chi connectivity index (χ3v) is 5.45. The molecule has 1 amide bonds. The van der Waals surface area contributed by atoms with Gasteiger partial charge < -0.3 is 24.4 Å². The van der Waals surface area contributed by atoms with Gasteiger partial charge in [-0.2, -0.15) is 5.10 Å². The maximum absolute atomic E-state index is 12.6. The van der Waals surface area contributed by atoms with Gasteiger partial charge in [0.15, 0.2) is 17.3 Å². The largest absolute Gasteiger partial charge is 0.497 e. The SMILES string of the molecule is COc1ccc(-c2cc(N3CC[C@@H](NC(=O)c4ccc5c(c4)OCO5)C3)n[nH]2)cc1. The monoisotopic (exact) mass is 406 g/mol. The van der Waals surface area contributed by atoms with E-state index >= 15 is 0 Å². The summed E-state index contributed by atoms with van der Waals surface area (Å²) in [7, 11) is 1.65. The first-order valence-electron chi connectivity index (χ1n) is 9.85. The topological polar surface area (TPSA) is 88.7 Å². The van der Waals surface area contributed by atoms with Crippen LogP contribution in [0, 0.1) is 0 Å². The summed E-state index contributed by atoms with van der Waals surface area (Å²) < 4.78 is 15.9. The van der Waals surface area contributed by atoms with Gasteiger partial charge in [-0.1, -0.05) is 0 Å². The van der Waals surface area contributed by atoms with Crippen molar-refractivity contribution in [2.45, 2.75) is 12.5 Å². The van der Waals surface area contributed by atoms with Crippen LogP contribution in [-0.2, 0) is 0 Å². The zero-order valence-corrected chi connectivity index (χ0v) is 16.6. The molecular formula is C22H22N4O4. The Balaban J connectivity index is 1.22. The van der Waals surface area contributed by atoms with Crippen molar-refractivity contribution in [3.63, 3.8) is 0 Å². The highest BCUT2D eigenvalue weighted by molar-refractivity contribution is 5.95. The minimum absolute atomic E-state index is 0.0593. The van der Waals surface area contributed by atoms with Crippen molar-refractivity contribution in [3.05, 3.63) is 54.1 Å². The number of carbonyl (C=O) groups is 1. The van der Waals surface area contributed by atoms with Crippen LogP contribution in [0.1, 0.15) is 16.8 Å². The molecule has 154 valence electrons. The molecule has 8 nitrogen and oxygen atoms in total. The lowest BCUT2D eigenvalue weighted by atomic mass is 10.1. The lowest BCUT2D eigenvalue weighted by Crippen LogP contribution is -2.37. The number of methoxy groups -OCH3 is 1. The molecule has 5 rings (SSSR count). The Labute approximate surface area is 173 Å². The van der Waals surface area contributed by atoms with E-state index in [0.29, 0.717) is 23.6 Å². The third kappa shape index (κ3) is 3.52. The Bertz CT molecular complexity index is 1060. The van der Waals surface area contributed by atoms with Gasteiger partial charge in [0.05, 0.1) is 12.8 Å². The summed E-state index contributed by atoms with van der Waals surface area (Å²) >= 11 is 0. The molecule has 1 aromatic heterocycles. The van der Waals surface area contributed by atoms with Crippen LogP contribution in [0.4, 0.5) is 5.82 Å². The normalized spacial score (nSPS) is 17.2. The lowest BCUT2D eigenvalue weighted by Gasteiger charge is -2.16. The summed E-state index contributed by atoms with van der Waals surface area (Å²) in [5.41, 5.74) is 2.56. The number of amides is 1. The van der Waals surface area contributed by atoms with E-state index in [0.717, 1.165) is 35.8 Å². The van der Waals surface area contributed by atoms with Crippen molar-refractivity contribution in [2.75, 3.05) is 31.9 Å². The Morgan fingerprint density at radius 2 is 2.00 bits per heavy atom. The van der Waals surface area contributed by atoms with Gasteiger partial charge in [0.1, 0.15) is 5.75 Å². The predicted molar refractivity (Wildman–Crippen MR) is 111 cm³/mol. The van der Waals surface area contributed by atoms with Gasteiger partial charge in [0.25, 0.3) is 5.91 Å². The standard InChI is InChI=1S/C22H22N4O4/c1-28-17-5-2-14(3-6-17)18-11-21(25-24-18)26-9-8-16(12-26)23-22(27)15-4-7-19-20(10-15)30-13-29-19/h2-7,10-11,16H,8-9,12-13H2,1H3,(H,23,27)(H,24,25)/t16-/m1/s1. The van der Waals surface area contributed by atoms with E-state index in [9.17, 15) is 4.79 Å². The van der Waals surface area contributed by atoms with Crippen molar-refractivity contribution in [1.82, 2.24) is 15.5 Å². The number of hydrogen-bond acceptors (Lipinski definition) is 6. The molecule has 0 saturated carbocycles. The van der Waals surface area contributed by atoms with Gasteiger partial charge in [0.2, 0.25) is 6.79 Å². The number of nitrogens with one attached hydrogen (secondary N) is 2. The number of ether oxygens (including phenoxy) is 3. The second-order valence-corrected chi connectivity index (χ2v) is 7.34. The van der Waals surface area contributed by atoms with Gasteiger partial charge in [-0.15, -0.1) is 0 Å². The number of nitrogens with zero attached hydrogens (tertiary/aromatic N) is 2. The molecule has 2 aliphatic rings. The minimum atomic E-state index is -0.110. The molecule has 30 heavy (non-hydrogen) atoms. The first kappa shape index (κ1) is 18.4. The Morgan fingerprint density at radius 1 is 1.17 bits per heavy atom. The molecule has 2 aromatic carbocycles. The number of benzene rings is 2. The number of aromatic amines is 1. The molecular weight excluding hydrogens is 384 g/mol. The highest BCUT2D eigenvalue weighted by Crippen LogP contribution is 2.32. The summed E-state index contributed by atoms with van der Waals surface area (Å²) in [4.78, 5) is 14.8. The van der Waals surface area contributed by atoms with Crippen LogP contribution < -0.4 is 24.4 Å². The summed E-state index contributed by atoms with van der Waals surface area (Å²) in [6.45, 7) is 1.74. The fourth-order valence-electron chi connectivity index (χ4n) is 3.78. The zero-order valence-electron chi connectivity index (χ0n) is 16.6. The molecule has 3 aromatic rings. The fourth-order valence-corrected chi connectivity index (χ4v) is 3.78. The smallest absolute Gasteiger partial charge is 0.251 e. The van der Waals surface area contributed by atoms with E-state index in [-0.39, 0.29) is 18.7 Å². The molecule has 0 aliphatic carbocycles. The number of fused-ring (bicyclic) bond motifs is 1. The van der Waals surface area contributed by atoms with Gasteiger partial charge >= 0.3 is 0 Å². The molecule has 2 aliphatic heterocycles. The summed E-state index contributed by atoms with van der Waals surface area (Å²) in [6.07, 6.45) is 0.862. The minimum Gasteiger partial charge on any atom is -0.497 e. The molecule has 0 unspecified atom stereocenters. The zero-order chi connectivity index (χ0) is 20.5. The van der Waals surface area contributed by atoms with Crippen molar-refractivity contribution >= 4 is 11.7 Å². The van der Waals surface area contributed by atoms with E-state index in [1.807, 2.05) is 30.3 Å². The second-order valence-electron chi connectivity index (χ2n) is 7.34. The quantitative estimate of drug-likeness (QED) is 0.677. The third-order valence-electron chi connectivity index (χ3n) is 5.45. The second kappa shape index (κ2) is 7.62. The number of anilines is 1. The van der Waals surface area contributed by atoms with Crippen molar-refractivity contribution < 1.29 is 19.0 Å². The molecule has 0 spiro atoms. The lowest BCUT2D eigenvalue weighted by molar-refractivity contribution is 0.0940. The van der Waals surface area contributed by atoms with Crippen LogP contribution in [0.15, 0.2) is 48.5 Å². The van der Waals surface area contributed by atoms with E-state index in [4.69, 9.17) is 14.2 Å². The Kier molecular flexibility index (Phi) is 4.66. The molecule has 1 saturated heterocycles. The van der Waals surface area contributed by atoms with Crippen molar-refractivity contribution in [2.24, 2.45) is 0 Å². The fraction of sp³-hybridized carbons (Fsp3) is 0.273. The highest BCUT2D eigenvalue weighted by Gasteiger charge is 2.26. The molecule has 1 fully saturated rings. The number of rotatable bonds is 5. The maximum atomic E-state index is 12.6. The van der Waals surface area contributed by atoms with Gasteiger partial charge in [-0.3, -0.25) is 9.89 Å². The summed E-state index contributed by atoms with van der Waals surface area (Å²) in [5.74, 6) is 2.86. The average molecular weight is 406 g/mol. The molecule has 0 radical (unpaired) electrons. The maximum Gasteiger partial charge on any atom is 0.251 e. The molecule has 2 N–H and O–H groups in total. The molecule has 3 heterocycles. The summed E-state index contributed by atoms with van der Waals surface area (Å²) in [6, 6.07) is 15.2. The number of carbonyl (C=O) groups excluding carboxylic acids is 1. The van der Waals surface area contributed by atoms with Crippen LogP contribution in [0.2, 0.25) is 0 Å². The Morgan fingerprint density at radius 3 is 2.83 bits per heavy atom. The molecule has 1 atom stereocenters. The van der Waals surface area contributed by atoms with Crippen LogP contribution in [0.3, 0.4) is 0 Å². The number of hydrogen-bond donors (Lipinski definition) is 2. The van der Waals surface area contributed by atoms with Crippen molar-refractivity contribution in [1.29, 1.82) is 0 Å². The van der Waals surface area contributed by atoms with Crippen LogP contribution in [0.5, 0.6) is 17.2 Å². The first-order chi connectivity index (χ1) is 14.7. The highest BCUT2D eigenvalue weighted by atomic mass is 16.7. The van der Waals surface area contributed by atoms with Gasteiger partial charge in [-0.05, 0) is 54.4 Å². The predicted octanol–water partition coefficient (Wildman–Crippen LogP) is 2.82. The average Bonchev–Trinajstić information content (AvgIpc) is 3.53. The van der Waals surface area contributed by atoms with E-state index < -0.39 is 0 Å². The molecule has 0 bridgehead atoms. The van der Waals surface area contributed by atoms with Gasteiger partial charge in [0, 0.05) is 30.8 Å². The van der Waals surface area contributed by atoms with Crippen LogP contribution >= 0.6 is 0 Å². The van der Waals surface area contributed by atoms with Crippen LogP contribution in [0.25, 0.3) is 11.3 Å². The summed E-state index contributed by atoms with van der Waals surface area (Å²) in [5, 5.41) is 10.7. The number of H-pyrrole nitrogens is 1. The number of aromatic nitrogens is 2.